The minimum Gasteiger partial charge on any atom is -0.339 e. The van der Waals surface area contributed by atoms with Gasteiger partial charge in [0.25, 0.3) is 0 Å². The molecule has 1 aliphatic rings. The third kappa shape index (κ3) is 5.60. The number of hydrogen-bond acceptors (Lipinski definition) is 5. The van der Waals surface area contributed by atoms with E-state index >= 15 is 0 Å². The van der Waals surface area contributed by atoms with Gasteiger partial charge in [-0.2, -0.15) is 9.03 Å². The van der Waals surface area contributed by atoms with Gasteiger partial charge < -0.3 is 4.90 Å². The van der Waals surface area contributed by atoms with Crippen molar-refractivity contribution in [3.05, 3.63) is 59.9 Å². The molecule has 1 N–H and O–H groups in total. The number of halogens is 1. The zero-order chi connectivity index (χ0) is 24.4. The van der Waals surface area contributed by atoms with Crippen LogP contribution in [0.5, 0.6) is 0 Å². The Hall–Kier alpha value is -2.34. The Morgan fingerprint density at radius 3 is 2.03 bits per heavy atom. The molecule has 33 heavy (non-hydrogen) atoms. The third-order valence-electron chi connectivity index (χ3n) is 5.56. The van der Waals surface area contributed by atoms with Gasteiger partial charge in [0.15, 0.2) is 0 Å². The monoisotopic (exact) mass is 497 g/mol. The van der Waals surface area contributed by atoms with Gasteiger partial charge in [0.2, 0.25) is 26.0 Å². The van der Waals surface area contributed by atoms with E-state index in [9.17, 15) is 26.0 Å². The molecular weight excluding hydrogens is 469 g/mol. The van der Waals surface area contributed by atoms with Crippen LogP contribution in [0.2, 0.25) is 0 Å². The number of sulfonamides is 2. The molecule has 8 nitrogen and oxygen atoms in total. The lowest BCUT2D eigenvalue weighted by Gasteiger charge is -2.35. The molecule has 0 radical (unpaired) electrons. The minimum atomic E-state index is -4.23. The number of amides is 1. The highest BCUT2D eigenvalue weighted by atomic mass is 32.2. The molecule has 0 bridgehead atoms. The summed E-state index contributed by atoms with van der Waals surface area (Å²) in [6, 6.07) is 10.5. The second-order valence-electron chi connectivity index (χ2n) is 8.23. The van der Waals surface area contributed by atoms with Crippen LogP contribution >= 0.6 is 0 Å². The number of hydrogen-bond donors (Lipinski definition) is 1. The first-order valence-electron chi connectivity index (χ1n) is 10.6. The number of carbonyl (C=O) groups excluding carboxylic acids is 1. The molecule has 1 amide bonds. The lowest BCUT2D eigenvalue weighted by molar-refractivity contribution is -0.133. The summed E-state index contributed by atoms with van der Waals surface area (Å²) in [5.41, 5.74) is 1.04. The molecule has 2 aromatic carbocycles. The summed E-state index contributed by atoms with van der Waals surface area (Å²) in [5.74, 6) is -1.13. The Balaban J connectivity index is 1.63. The Labute approximate surface area is 194 Å². The average Bonchev–Trinajstić information content (AvgIpc) is 2.78. The van der Waals surface area contributed by atoms with E-state index in [1.807, 2.05) is 13.8 Å². The number of rotatable bonds is 7. The van der Waals surface area contributed by atoms with Crippen LogP contribution in [-0.4, -0.2) is 64.2 Å². The maximum Gasteiger partial charge on any atom is 0.244 e. The summed E-state index contributed by atoms with van der Waals surface area (Å²) in [7, 11) is -7.93. The van der Waals surface area contributed by atoms with E-state index in [4.69, 9.17) is 0 Å². The predicted octanol–water partition coefficient (Wildman–Crippen LogP) is 2.15. The molecule has 0 spiro atoms. The summed E-state index contributed by atoms with van der Waals surface area (Å²) >= 11 is 0. The van der Waals surface area contributed by atoms with Crippen molar-refractivity contribution in [1.29, 1.82) is 0 Å². The summed E-state index contributed by atoms with van der Waals surface area (Å²) in [6.45, 7) is 5.84. The van der Waals surface area contributed by atoms with Gasteiger partial charge in [-0.1, -0.05) is 38.1 Å². The highest BCUT2D eigenvalue weighted by molar-refractivity contribution is 7.89. The fraction of sp³-hybridized carbons (Fsp3) is 0.409. The van der Waals surface area contributed by atoms with Crippen LogP contribution in [0.4, 0.5) is 4.39 Å². The molecule has 1 saturated heterocycles. The van der Waals surface area contributed by atoms with Crippen molar-refractivity contribution >= 4 is 26.0 Å². The molecule has 1 heterocycles. The first-order chi connectivity index (χ1) is 15.4. The number of nitrogens with one attached hydrogen (secondary N) is 1. The van der Waals surface area contributed by atoms with Gasteiger partial charge >= 0.3 is 0 Å². The molecule has 0 aliphatic carbocycles. The minimum absolute atomic E-state index is 0.0901. The second-order valence-corrected chi connectivity index (χ2v) is 11.8. The largest absolute Gasteiger partial charge is 0.339 e. The van der Waals surface area contributed by atoms with Crippen LogP contribution in [0.25, 0.3) is 0 Å². The Morgan fingerprint density at radius 2 is 1.48 bits per heavy atom. The van der Waals surface area contributed by atoms with Crippen LogP contribution in [0.15, 0.2) is 58.3 Å². The molecule has 0 unspecified atom stereocenters. The standard InChI is InChI=1S/C22H28FN3O5S2/c1-16(2)18-8-10-19(11-9-18)33(30,31)26-14-12-25(13-15-26)22(27)17(3)24-32(28,29)21-7-5-4-6-20(21)23/h4-11,16-17,24H,12-15H2,1-3H3/t17-/m0/s1. The van der Waals surface area contributed by atoms with E-state index in [-0.39, 0.29) is 37.0 Å². The van der Waals surface area contributed by atoms with E-state index in [0.717, 1.165) is 17.7 Å². The van der Waals surface area contributed by atoms with Crippen molar-refractivity contribution in [1.82, 2.24) is 13.9 Å². The van der Waals surface area contributed by atoms with Crippen LogP contribution in [-0.2, 0) is 24.8 Å². The third-order valence-corrected chi connectivity index (χ3v) is 9.05. The first kappa shape index (κ1) is 25.3. The normalized spacial score (nSPS) is 16.7. The Bertz CT molecular complexity index is 1210. The molecule has 11 heteroatoms. The van der Waals surface area contributed by atoms with Gasteiger partial charge in [0, 0.05) is 26.2 Å². The van der Waals surface area contributed by atoms with Crippen LogP contribution in [0.1, 0.15) is 32.3 Å². The molecule has 1 fully saturated rings. The smallest absolute Gasteiger partial charge is 0.244 e. The topological polar surface area (TPSA) is 104 Å². The first-order valence-corrected chi connectivity index (χ1v) is 13.5. The van der Waals surface area contributed by atoms with Crippen molar-refractivity contribution in [2.45, 2.75) is 42.5 Å². The van der Waals surface area contributed by atoms with Crippen molar-refractivity contribution in [2.24, 2.45) is 0 Å². The molecule has 1 aliphatic heterocycles. The summed E-state index contributed by atoms with van der Waals surface area (Å²) in [6.07, 6.45) is 0. The predicted molar refractivity (Wildman–Crippen MR) is 122 cm³/mol. The Morgan fingerprint density at radius 1 is 0.909 bits per heavy atom. The van der Waals surface area contributed by atoms with Gasteiger partial charge in [-0.3, -0.25) is 4.79 Å². The number of nitrogens with zero attached hydrogens (tertiary/aromatic N) is 2. The molecule has 1 atom stereocenters. The maximum absolute atomic E-state index is 13.9. The van der Waals surface area contributed by atoms with Crippen molar-refractivity contribution < 1.29 is 26.0 Å². The highest BCUT2D eigenvalue weighted by Crippen LogP contribution is 2.21. The lowest BCUT2D eigenvalue weighted by Crippen LogP contribution is -2.55. The quantitative estimate of drug-likeness (QED) is 0.631. The number of carbonyl (C=O) groups is 1. The van der Waals surface area contributed by atoms with E-state index < -0.39 is 42.7 Å². The average molecular weight is 498 g/mol. The van der Waals surface area contributed by atoms with E-state index in [0.29, 0.717) is 0 Å². The van der Waals surface area contributed by atoms with Gasteiger partial charge in [-0.05, 0) is 42.7 Å². The van der Waals surface area contributed by atoms with Gasteiger partial charge in [0.05, 0.1) is 10.9 Å². The van der Waals surface area contributed by atoms with Gasteiger partial charge in [-0.15, -0.1) is 0 Å². The second kappa shape index (κ2) is 9.88. The summed E-state index contributed by atoms with van der Waals surface area (Å²) in [5, 5.41) is 0. The summed E-state index contributed by atoms with van der Waals surface area (Å²) in [4.78, 5) is 13.8. The van der Waals surface area contributed by atoms with Crippen LogP contribution in [0, 0.1) is 5.82 Å². The SMILES string of the molecule is CC(C)c1ccc(S(=O)(=O)N2CCN(C(=O)[C@H](C)NS(=O)(=O)c3ccccc3F)CC2)cc1. The number of piperazine rings is 1. The molecule has 0 saturated carbocycles. The molecule has 3 rings (SSSR count). The molecule has 180 valence electrons. The zero-order valence-corrected chi connectivity index (χ0v) is 20.4. The maximum atomic E-state index is 13.9. The van der Waals surface area contributed by atoms with Crippen molar-refractivity contribution in [3.63, 3.8) is 0 Å². The van der Waals surface area contributed by atoms with Crippen LogP contribution in [0.3, 0.4) is 0 Å². The van der Waals surface area contributed by atoms with E-state index in [1.54, 1.807) is 24.3 Å². The van der Waals surface area contributed by atoms with Crippen LogP contribution < -0.4 is 4.72 Å². The van der Waals surface area contributed by atoms with Gasteiger partial charge in [0.1, 0.15) is 10.7 Å². The van der Waals surface area contributed by atoms with Gasteiger partial charge in [-0.25, -0.2) is 21.2 Å². The van der Waals surface area contributed by atoms with E-state index in [1.165, 1.54) is 28.3 Å². The lowest BCUT2D eigenvalue weighted by atomic mass is 10.0. The van der Waals surface area contributed by atoms with E-state index in [2.05, 4.69) is 4.72 Å². The summed E-state index contributed by atoms with van der Waals surface area (Å²) < 4.78 is 68.2. The Kier molecular flexibility index (Phi) is 7.57. The molecular formula is C22H28FN3O5S2. The molecule has 0 aromatic heterocycles. The zero-order valence-electron chi connectivity index (χ0n) is 18.7. The van der Waals surface area contributed by atoms with Crippen molar-refractivity contribution in [3.8, 4) is 0 Å². The van der Waals surface area contributed by atoms with Crippen molar-refractivity contribution in [2.75, 3.05) is 26.2 Å². The fourth-order valence-electron chi connectivity index (χ4n) is 3.61. The fourth-order valence-corrected chi connectivity index (χ4v) is 6.30. The molecule has 2 aromatic rings. The highest BCUT2D eigenvalue weighted by Gasteiger charge is 2.33. The number of benzene rings is 2.